The van der Waals surface area contributed by atoms with Crippen LogP contribution in [0.4, 0.5) is 17.2 Å². The molecule has 1 heterocycles. The van der Waals surface area contributed by atoms with Crippen LogP contribution >= 0.6 is 0 Å². The Balaban J connectivity index is 1.59. The molecule has 3 rings (SSSR count). The molecule has 0 atom stereocenters. The van der Waals surface area contributed by atoms with Crippen molar-refractivity contribution in [2.45, 2.75) is 19.8 Å². The summed E-state index contributed by atoms with van der Waals surface area (Å²) in [6, 6.07) is 23.5. The average molecular weight is 396 g/mol. The van der Waals surface area contributed by atoms with Gasteiger partial charge in [-0.2, -0.15) is 0 Å². The maximum Gasteiger partial charge on any atom is 0.233 e. The van der Waals surface area contributed by atoms with Crippen molar-refractivity contribution in [3.63, 3.8) is 0 Å². The van der Waals surface area contributed by atoms with E-state index in [2.05, 4.69) is 21.5 Å². The molecule has 146 valence electrons. The molecule has 0 aliphatic heterocycles. The topological polar surface area (TPSA) is 62.3 Å². The van der Waals surface area contributed by atoms with E-state index in [9.17, 15) is 8.42 Å². The molecular formula is C22H25N3O2S. The van der Waals surface area contributed by atoms with Gasteiger partial charge in [-0.1, -0.05) is 48.5 Å². The predicted molar refractivity (Wildman–Crippen MR) is 116 cm³/mol. The monoisotopic (exact) mass is 395 g/mol. The molecule has 5 nitrogen and oxygen atoms in total. The summed E-state index contributed by atoms with van der Waals surface area (Å²) in [6.45, 7) is 2.85. The van der Waals surface area contributed by atoms with Gasteiger partial charge in [-0.25, -0.2) is 13.4 Å². The lowest BCUT2D eigenvalue weighted by molar-refractivity contribution is 0.598. The minimum atomic E-state index is -3.42. The Hall–Kier alpha value is -2.86. The Bertz CT molecular complexity index is 960. The van der Waals surface area contributed by atoms with Gasteiger partial charge >= 0.3 is 0 Å². The van der Waals surface area contributed by atoms with Crippen LogP contribution in [0.2, 0.25) is 0 Å². The first kappa shape index (κ1) is 19.9. The van der Waals surface area contributed by atoms with Gasteiger partial charge in [0, 0.05) is 12.2 Å². The van der Waals surface area contributed by atoms with E-state index in [1.54, 1.807) is 12.3 Å². The molecule has 3 aromatic rings. The van der Waals surface area contributed by atoms with Crippen LogP contribution in [0.3, 0.4) is 0 Å². The number of nitrogens with zero attached hydrogens (tertiary/aromatic N) is 2. The van der Waals surface area contributed by atoms with Gasteiger partial charge in [-0.05, 0) is 49.6 Å². The molecule has 0 fully saturated rings. The second-order valence-corrected chi connectivity index (χ2v) is 8.33. The zero-order valence-corrected chi connectivity index (χ0v) is 16.8. The SMILES string of the molecule is CCN(c1ccccc1)c1ccc(NS(=O)(=O)CCCc2ccccc2)nc1. The average Bonchev–Trinajstić information content (AvgIpc) is 2.71. The van der Waals surface area contributed by atoms with E-state index in [4.69, 9.17) is 0 Å². The number of aryl methyl sites for hydroxylation is 1. The lowest BCUT2D eigenvalue weighted by atomic mass is 10.1. The number of aromatic nitrogens is 1. The highest BCUT2D eigenvalue weighted by atomic mass is 32.2. The molecule has 6 heteroatoms. The lowest BCUT2D eigenvalue weighted by Gasteiger charge is -2.23. The molecule has 0 unspecified atom stereocenters. The van der Waals surface area contributed by atoms with Gasteiger partial charge in [-0.15, -0.1) is 0 Å². The number of para-hydroxylation sites is 1. The van der Waals surface area contributed by atoms with Crippen LogP contribution < -0.4 is 9.62 Å². The fourth-order valence-corrected chi connectivity index (χ4v) is 4.12. The van der Waals surface area contributed by atoms with Gasteiger partial charge in [0.15, 0.2) is 0 Å². The van der Waals surface area contributed by atoms with E-state index in [0.717, 1.165) is 29.9 Å². The van der Waals surface area contributed by atoms with E-state index in [-0.39, 0.29) is 5.75 Å². The zero-order valence-electron chi connectivity index (χ0n) is 16.0. The van der Waals surface area contributed by atoms with Gasteiger partial charge in [0.25, 0.3) is 0 Å². The summed E-state index contributed by atoms with van der Waals surface area (Å²) in [4.78, 5) is 6.41. The van der Waals surface area contributed by atoms with E-state index < -0.39 is 10.0 Å². The number of rotatable bonds is 9. The van der Waals surface area contributed by atoms with Crippen molar-refractivity contribution in [2.75, 3.05) is 21.9 Å². The first-order valence-electron chi connectivity index (χ1n) is 9.40. The third kappa shape index (κ3) is 5.57. The molecule has 28 heavy (non-hydrogen) atoms. The maximum absolute atomic E-state index is 12.3. The van der Waals surface area contributed by atoms with Crippen molar-refractivity contribution in [3.8, 4) is 0 Å². The Morgan fingerprint density at radius 2 is 1.57 bits per heavy atom. The molecule has 0 radical (unpaired) electrons. The van der Waals surface area contributed by atoms with Gasteiger partial charge in [0.05, 0.1) is 17.6 Å². The first-order chi connectivity index (χ1) is 13.6. The smallest absolute Gasteiger partial charge is 0.233 e. The van der Waals surface area contributed by atoms with Crippen LogP contribution in [0.5, 0.6) is 0 Å². The van der Waals surface area contributed by atoms with Crippen LogP contribution in [0.1, 0.15) is 18.9 Å². The molecule has 1 N–H and O–H groups in total. The highest BCUT2D eigenvalue weighted by Gasteiger charge is 2.12. The summed E-state index contributed by atoms with van der Waals surface area (Å²) in [7, 11) is -3.42. The quantitative estimate of drug-likeness (QED) is 0.574. The highest BCUT2D eigenvalue weighted by molar-refractivity contribution is 7.92. The lowest BCUT2D eigenvalue weighted by Crippen LogP contribution is -2.19. The summed E-state index contributed by atoms with van der Waals surface area (Å²) >= 11 is 0. The van der Waals surface area contributed by atoms with Crippen LogP contribution in [0.15, 0.2) is 79.0 Å². The van der Waals surface area contributed by atoms with Gasteiger partial charge in [0.1, 0.15) is 5.82 Å². The molecule has 0 aliphatic carbocycles. The van der Waals surface area contributed by atoms with Crippen molar-refractivity contribution in [1.29, 1.82) is 0 Å². The highest BCUT2D eigenvalue weighted by Crippen LogP contribution is 2.25. The predicted octanol–water partition coefficient (Wildman–Crippen LogP) is 4.61. The number of benzene rings is 2. The molecule has 1 aromatic heterocycles. The Morgan fingerprint density at radius 3 is 2.18 bits per heavy atom. The summed E-state index contributed by atoms with van der Waals surface area (Å²) in [6.07, 6.45) is 2.99. The minimum Gasteiger partial charge on any atom is -0.341 e. The number of hydrogen-bond donors (Lipinski definition) is 1. The van der Waals surface area contributed by atoms with Gasteiger partial charge < -0.3 is 4.90 Å². The Morgan fingerprint density at radius 1 is 0.893 bits per heavy atom. The second-order valence-electron chi connectivity index (χ2n) is 6.49. The molecule has 0 aliphatic rings. The van der Waals surface area contributed by atoms with E-state index >= 15 is 0 Å². The Labute approximate surface area is 167 Å². The first-order valence-corrected chi connectivity index (χ1v) is 11.1. The van der Waals surface area contributed by atoms with Crippen LogP contribution in [-0.4, -0.2) is 25.7 Å². The van der Waals surface area contributed by atoms with Crippen molar-refractivity contribution in [2.24, 2.45) is 0 Å². The fourth-order valence-electron chi connectivity index (χ4n) is 3.05. The van der Waals surface area contributed by atoms with E-state index in [1.807, 2.05) is 66.7 Å². The van der Waals surface area contributed by atoms with Crippen molar-refractivity contribution < 1.29 is 8.42 Å². The molecular weight excluding hydrogens is 370 g/mol. The number of pyridine rings is 1. The Kier molecular flexibility index (Phi) is 6.66. The van der Waals surface area contributed by atoms with Gasteiger partial charge in [-0.3, -0.25) is 4.72 Å². The molecule has 0 bridgehead atoms. The fraction of sp³-hybridized carbons (Fsp3) is 0.227. The minimum absolute atomic E-state index is 0.0659. The van der Waals surface area contributed by atoms with Crippen molar-refractivity contribution in [3.05, 3.63) is 84.6 Å². The largest absolute Gasteiger partial charge is 0.341 e. The van der Waals surface area contributed by atoms with Gasteiger partial charge in [0.2, 0.25) is 10.0 Å². The molecule has 0 saturated heterocycles. The third-order valence-electron chi connectivity index (χ3n) is 4.43. The van der Waals surface area contributed by atoms with Crippen molar-refractivity contribution >= 4 is 27.2 Å². The van der Waals surface area contributed by atoms with Crippen molar-refractivity contribution in [1.82, 2.24) is 4.98 Å². The molecule has 0 saturated carbocycles. The number of hydrogen-bond acceptors (Lipinski definition) is 4. The summed E-state index contributed by atoms with van der Waals surface area (Å²) in [5.74, 6) is 0.406. The normalized spacial score (nSPS) is 11.2. The van der Waals surface area contributed by atoms with Crippen LogP contribution in [0.25, 0.3) is 0 Å². The molecule has 0 spiro atoms. The van der Waals surface area contributed by atoms with Crippen LogP contribution in [0, 0.1) is 0 Å². The summed E-state index contributed by atoms with van der Waals surface area (Å²) in [5.41, 5.74) is 3.13. The number of nitrogens with one attached hydrogen (secondary N) is 1. The number of anilines is 3. The summed E-state index contributed by atoms with van der Waals surface area (Å²) < 4.78 is 27.2. The number of sulfonamides is 1. The van der Waals surface area contributed by atoms with E-state index in [0.29, 0.717) is 12.2 Å². The standard InChI is InChI=1S/C22H25N3O2S/c1-2-25(20-13-7-4-8-14-20)21-15-16-22(23-18-21)24-28(26,27)17-9-12-19-10-5-3-6-11-19/h3-8,10-11,13-16,18H,2,9,12,17H2,1H3,(H,23,24). The van der Waals surface area contributed by atoms with E-state index in [1.165, 1.54) is 0 Å². The maximum atomic E-state index is 12.3. The summed E-state index contributed by atoms with van der Waals surface area (Å²) in [5, 5.41) is 0. The third-order valence-corrected chi connectivity index (χ3v) is 5.77. The molecule has 2 aromatic carbocycles. The zero-order chi connectivity index (χ0) is 19.8. The van der Waals surface area contributed by atoms with Crippen LogP contribution in [-0.2, 0) is 16.4 Å². The second kappa shape index (κ2) is 9.37. The molecule has 0 amide bonds.